The number of hydrogen-bond acceptors (Lipinski definition) is 5. The van der Waals surface area contributed by atoms with E-state index in [1.54, 1.807) is 0 Å². The summed E-state index contributed by atoms with van der Waals surface area (Å²) < 4.78 is 8.11. The maximum absolute atomic E-state index is 5.29. The van der Waals surface area contributed by atoms with Gasteiger partial charge in [0.2, 0.25) is 0 Å². The van der Waals surface area contributed by atoms with Crippen molar-refractivity contribution in [1.82, 2.24) is 19.7 Å². The molecule has 2 aliphatic heterocycles. The van der Waals surface area contributed by atoms with Crippen molar-refractivity contribution >= 4 is 18.0 Å². The summed E-state index contributed by atoms with van der Waals surface area (Å²) in [7, 11) is 0. The van der Waals surface area contributed by atoms with Crippen LogP contribution in [0.2, 0.25) is 0 Å². The van der Waals surface area contributed by atoms with Crippen LogP contribution in [0.5, 0.6) is 0 Å². The Morgan fingerprint density at radius 1 is 1.17 bits per heavy atom. The molecule has 0 unspecified atom stereocenters. The van der Waals surface area contributed by atoms with E-state index < -0.39 is 0 Å². The maximum Gasteiger partial charge on any atom is 0.128 e. The number of piperazine rings is 1. The maximum atomic E-state index is 5.29. The zero-order valence-corrected chi connectivity index (χ0v) is 14.5. The number of ether oxygens (including phenoxy) is 1. The van der Waals surface area contributed by atoms with Gasteiger partial charge in [0.1, 0.15) is 10.5 Å². The van der Waals surface area contributed by atoms with Crippen molar-refractivity contribution in [1.29, 1.82) is 0 Å². The number of aryl methyl sites for hydroxylation is 2. The highest BCUT2D eigenvalue weighted by atomic mass is 32.1. The minimum absolute atomic E-state index is 0.641. The second-order valence-corrected chi connectivity index (χ2v) is 6.86. The van der Waals surface area contributed by atoms with E-state index in [0.717, 1.165) is 62.8 Å². The molecule has 0 atom stereocenters. The van der Waals surface area contributed by atoms with Gasteiger partial charge in [-0.3, -0.25) is 9.58 Å². The van der Waals surface area contributed by atoms with Crippen LogP contribution >= 0.6 is 12.2 Å². The van der Waals surface area contributed by atoms with Gasteiger partial charge in [0.05, 0.1) is 19.3 Å². The largest absolute Gasteiger partial charge is 0.378 e. The topological polar surface area (TPSA) is 49.3 Å². The number of aromatic nitrogens is 3. The van der Waals surface area contributed by atoms with Crippen LogP contribution in [0.1, 0.15) is 5.56 Å². The fourth-order valence-electron chi connectivity index (χ4n) is 3.27. The molecule has 6 nitrogen and oxygen atoms in total. The van der Waals surface area contributed by atoms with Crippen LogP contribution in [0, 0.1) is 4.64 Å². The lowest BCUT2D eigenvalue weighted by Gasteiger charge is -2.42. The molecule has 2 aromatic heterocycles. The zero-order chi connectivity index (χ0) is 16.4. The van der Waals surface area contributed by atoms with Gasteiger partial charge in [-0.25, -0.2) is 4.98 Å². The Morgan fingerprint density at radius 3 is 2.58 bits per heavy atom. The molecule has 0 radical (unpaired) electrons. The molecule has 0 spiro atoms. The second-order valence-electron chi connectivity index (χ2n) is 6.44. The Hall–Kier alpha value is -1.70. The number of nitrogens with zero attached hydrogens (tertiary/aromatic N) is 4. The Labute approximate surface area is 147 Å². The van der Waals surface area contributed by atoms with E-state index in [-0.39, 0.29) is 0 Å². The summed E-state index contributed by atoms with van der Waals surface area (Å²) in [6, 6.07) is 6.88. The van der Waals surface area contributed by atoms with Gasteiger partial charge in [-0.05, 0) is 24.1 Å². The molecule has 0 aliphatic carbocycles. The van der Waals surface area contributed by atoms with Gasteiger partial charge in [0.25, 0.3) is 0 Å². The SMILES string of the molecule is S=c1cc[nH]n1CCc1ccc(N2CCN(C3COC3)CC2)nc1. The van der Waals surface area contributed by atoms with Crippen LogP contribution in [0.25, 0.3) is 0 Å². The number of aromatic amines is 1. The van der Waals surface area contributed by atoms with Crippen LogP contribution in [0.4, 0.5) is 5.82 Å². The van der Waals surface area contributed by atoms with Crippen molar-refractivity contribution < 1.29 is 4.74 Å². The standard InChI is InChI=1S/C17H23N5OS/c24-17-3-5-19-22(17)6-4-14-1-2-16(18-11-14)21-9-7-20(8-10-21)15-12-23-13-15/h1-3,5,11,15,19H,4,6-10,12-13H2. The van der Waals surface area contributed by atoms with Crippen LogP contribution < -0.4 is 4.90 Å². The molecule has 2 fully saturated rings. The highest BCUT2D eigenvalue weighted by molar-refractivity contribution is 7.71. The van der Waals surface area contributed by atoms with Gasteiger partial charge >= 0.3 is 0 Å². The Kier molecular flexibility index (Phi) is 4.64. The number of rotatable bonds is 5. The van der Waals surface area contributed by atoms with Gasteiger partial charge < -0.3 is 14.7 Å². The number of pyridine rings is 1. The van der Waals surface area contributed by atoms with Crippen LogP contribution in [0.15, 0.2) is 30.6 Å². The molecule has 7 heteroatoms. The molecule has 0 aromatic carbocycles. The summed E-state index contributed by atoms with van der Waals surface area (Å²) in [5.74, 6) is 1.08. The summed E-state index contributed by atoms with van der Waals surface area (Å²) in [5, 5.41) is 3.13. The van der Waals surface area contributed by atoms with E-state index in [9.17, 15) is 0 Å². The van der Waals surface area contributed by atoms with Gasteiger partial charge in [0, 0.05) is 45.1 Å². The first-order valence-corrected chi connectivity index (χ1v) is 8.96. The van der Waals surface area contributed by atoms with E-state index in [0.29, 0.717) is 6.04 Å². The molecule has 0 saturated carbocycles. The average Bonchev–Trinajstić information content (AvgIpc) is 2.98. The normalized spacial score (nSPS) is 19.4. The molecule has 4 rings (SSSR count). The van der Waals surface area contributed by atoms with E-state index >= 15 is 0 Å². The second kappa shape index (κ2) is 7.04. The third-order valence-electron chi connectivity index (χ3n) is 4.93. The van der Waals surface area contributed by atoms with Crippen molar-refractivity contribution in [2.45, 2.75) is 19.0 Å². The Bertz CT molecular complexity index is 713. The van der Waals surface area contributed by atoms with E-state index in [2.05, 4.69) is 32.0 Å². The van der Waals surface area contributed by atoms with Crippen molar-refractivity contribution in [2.75, 3.05) is 44.3 Å². The summed E-state index contributed by atoms with van der Waals surface area (Å²) in [6.45, 7) is 6.94. The van der Waals surface area contributed by atoms with Gasteiger partial charge in [-0.1, -0.05) is 18.3 Å². The molecule has 24 heavy (non-hydrogen) atoms. The zero-order valence-electron chi connectivity index (χ0n) is 13.7. The molecule has 2 saturated heterocycles. The van der Waals surface area contributed by atoms with E-state index in [1.807, 2.05) is 23.1 Å². The lowest BCUT2D eigenvalue weighted by atomic mass is 10.1. The molecular formula is C17H23N5OS. The summed E-state index contributed by atoms with van der Waals surface area (Å²) in [5.41, 5.74) is 1.24. The van der Waals surface area contributed by atoms with Crippen molar-refractivity contribution in [3.63, 3.8) is 0 Å². The minimum Gasteiger partial charge on any atom is -0.378 e. The highest BCUT2D eigenvalue weighted by Gasteiger charge is 2.29. The molecule has 0 amide bonds. The Balaban J connectivity index is 1.31. The van der Waals surface area contributed by atoms with Gasteiger partial charge in [-0.2, -0.15) is 0 Å². The predicted octanol–water partition coefficient (Wildman–Crippen LogP) is 1.70. The smallest absolute Gasteiger partial charge is 0.128 e. The fourth-order valence-corrected chi connectivity index (χ4v) is 3.48. The van der Waals surface area contributed by atoms with E-state index in [1.165, 1.54) is 5.56 Å². The number of hydrogen-bond donors (Lipinski definition) is 1. The summed E-state index contributed by atoms with van der Waals surface area (Å²) in [4.78, 5) is 9.58. The van der Waals surface area contributed by atoms with Crippen LogP contribution in [-0.2, 0) is 17.7 Å². The van der Waals surface area contributed by atoms with Gasteiger partial charge in [-0.15, -0.1) is 0 Å². The quantitative estimate of drug-likeness (QED) is 0.836. The fraction of sp³-hybridized carbons (Fsp3) is 0.529. The number of nitrogens with one attached hydrogen (secondary N) is 1. The Morgan fingerprint density at radius 2 is 2.00 bits per heavy atom. The average molecular weight is 345 g/mol. The third-order valence-corrected chi connectivity index (χ3v) is 5.29. The summed E-state index contributed by atoms with van der Waals surface area (Å²) in [6.07, 6.45) is 4.80. The molecule has 2 aliphatic rings. The van der Waals surface area contributed by atoms with Gasteiger partial charge in [0.15, 0.2) is 0 Å². The molecule has 0 bridgehead atoms. The first kappa shape index (κ1) is 15.8. The number of anilines is 1. The van der Waals surface area contributed by atoms with Crippen molar-refractivity contribution in [3.8, 4) is 0 Å². The monoisotopic (exact) mass is 345 g/mol. The van der Waals surface area contributed by atoms with E-state index in [4.69, 9.17) is 17.0 Å². The third kappa shape index (κ3) is 3.38. The molecule has 4 heterocycles. The first-order chi connectivity index (χ1) is 11.8. The molecule has 128 valence electrons. The molecular weight excluding hydrogens is 322 g/mol. The summed E-state index contributed by atoms with van der Waals surface area (Å²) >= 11 is 5.25. The minimum atomic E-state index is 0.641. The van der Waals surface area contributed by atoms with Crippen molar-refractivity contribution in [2.24, 2.45) is 0 Å². The van der Waals surface area contributed by atoms with Crippen LogP contribution in [0.3, 0.4) is 0 Å². The first-order valence-electron chi connectivity index (χ1n) is 8.55. The lowest BCUT2D eigenvalue weighted by Crippen LogP contribution is -2.56. The highest BCUT2D eigenvalue weighted by Crippen LogP contribution is 2.18. The van der Waals surface area contributed by atoms with Crippen LogP contribution in [-0.4, -0.2) is 65.1 Å². The lowest BCUT2D eigenvalue weighted by molar-refractivity contribution is -0.0661. The predicted molar refractivity (Wildman–Crippen MR) is 96.0 cm³/mol. The number of H-pyrrole nitrogens is 1. The molecule has 1 N–H and O–H groups in total. The molecule has 2 aromatic rings. The van der Waals surface area contributed by atoms with Crippen molar-refractivity contribution in [3.05, 3.63) is 40.8 Å².